The van der Waals surface area contributed by atoms with Crippen LogP contribution in [0.4, 0.5) is 0 Å². The third kappa shape index (κ3) is 7.45. The van der Waals surface area contributed by atoms with E-state index in [1.165, 1.54) is 12.1 Å². The molecule has 0 unspecified atom stereocenters. The summed E-state index contributed by atoms with van der Waals surface area (Å²) in [5.74, 6) is -0.649. The van der Waals surface area contributed by atoms with Crippen molar-refractivity contribution < 1.29 is 19.7 Å². The predicted octanol–water partition coefficient (Wildman–Crippen LogP) is 5.58. The summed E-state index contributed by atoms with van der Waals surface area (Å²) in [6.07, 6.45) is -0.133. The van der Waals surface area contributed by atoms with E-state index >= 15 is 0 Å². The molecule has 0 saturated carbocycles. The number of aromatic carboxylic acids is 1. The number of carbonyl (C=O) groups is 1. The Kier molecular flexibility index (Phi) is 8.76. The quantitative estimate of drug-likeness (QED) is 0.327. The van der Waals surface area contributed by atoms with Crippen LogP contribution in [0, 0.1) is 11.3 Å². The molecule has 1 atom stereocenters. The molecule has 0 spiro atoms. The van der Waals surface area contributed by atoms with E-state index in [1.54, 1.807) is 36.4 Å². The van der Waals surface area contributed by atoms with Crippen LogP contribution in [0.15, 0.2) is 60.7 Å². The molecule has 0 heterocycles. The van der Waals surface area contributed by atoms with Gasteiger partial charge in [-0.3, -0.25) is 0 Å². The van der Waals surface area contributed by atoms with Gasteiger partial charge in [-0.2, -0.15) is 5.26 Å². The van der Waals surface area contributed by atoms with E-state index in [2.05, 4.69) is 11.4 Å². The number of carboxylic acid groups (broad SMARTS) is 1. The lowest BCUT2D eigenvalue weighted by atomic mass is 9.94. The summed E-state index contributed by atoms with van der Waals surface area (Å²) >= 11 is 12.1. The number of halogens is 2. The minimum absolute atomic E-state index is 0.00800. The highest BCUT2D eigenvalue weighted by Gasteiger charge is 2.20. The Morgan fingerprint density at radius 3 is 2.37 bits per heavy atom. The Balaban J connectivity index is 1.60. The fourth-order valence-electron chi connectivity index (χ4n) is 3.58. The Morgan fingerprint density at radius 2 is 1.74 bits per heavy atom. The summed E-state index contributed by atoms with van der Waals surface area (Å²) in [7, 11) is 0. The molecular weight excluding hydrogens is 487 g/mol. The van der Waals surface area contributed by atoms with E-state index in [0.717, 1.165) is 16.7 Å². The van der Waals surface area contributed by atoms with Gasteiger partial charge in [-0.15, -0.1) is 0 Å². The van der Waals surface area contributed by atoms with Gasteiger partial charge in [-0.1, -0.05) is 47.5 Å². The molecular formula is C27H26Cl2N2O4. The molecule has 35 heavy (non-hydrogen) atoms. The summed E-state index contributed by atoms with van der Waals surface area (Å²) in [4.78, 5) is 11.1. The third-order valence-corrected chi connectivity index (χ3v) is 6.18. The number of hydrogen-bond acceptors (Lipinski definition) is 5. The molecule has 0 aliphatic rings. The number of nitriles is 1. The van der Waals surface area contributed by atoms with Crippen molar-refractivity contribution in [3.8, 4) is 22.9 Å². The number of benzene rings is 3. The number of ether oxygens (including phenoxy) is 1. The molecule has 8 heteroatoms. The molecule has 3 aromatic carbocycles. The Labute approximate surface area is 214 Å². The van der Waals surface area contributed by atoms with Crippen LogP contribution in [0.1, 0.15) is 35.3 Å². The highest BCUT2D eigenvalue weighted by Crippen LogP contribution is 2.28. The van der Waals surface area contributed by atoms with Crippen molar-refractivity contribution in [1.29, 1.82) is 5.26 Å². The van der Waals surface area contributed by atoms with E-state index in [9.17, 15) is 15.2 Å². The van der Waals surface area contributed by atoms with Gasteiger partial charge in [-0.25, -0.2) is 4.79 Å². The lowest BCUT2D eigenvalue weighted by Gasteiger charge is -2.28. The van der Waals surface area contributed by atoms with Crippen molar-refractivity contribution in [2.75, 3.05) is 13.2 Å². The van der Waals surface area contributed by atoms with Crippen molar-refractivity contribution in [2.24, 2.45) is 0 Å². The SMILES string of the molecule is CC(C)(Cc1ccc(Cl)c(Cl)c1)NC[C@H](O)COc1cc(-c2ccc(C(=O)O)cc2)ccc1C#N. The molecule has 0 aromatic heterocycles. The topological polar surface area (TPSA) is 103 Å². The van der Waals surface area contributed by atoms with Crippen molar-refractivity contribution in [1.82, 2.24) is 5.32 Å². The molecule has 0 fully saturated rings. The van der Waals surface area contributed by atoms with Crippen LogP contribution < -0.4 is 10.1 Å². The van der Waals surface area contributed by atoms with Crippen LogP contribution in [-0.2, 0) is 6.42 Å². The van der Waals surface area contributed by atoms with Gasteiger partial charge in [0.05, 0.1) is 21.2 Å². The maximum atomic E-state index is 11.1. The molecule has 182 valence electrons. The number of hydrogen-bond donors (Lipinski definition) is 3. The maximum Gasteiger partial charge on any atom is 0.335 e. The first-order valence-electron chi connectivity index (χ1n) is 11.0. The van der Waals surface area contributed by atoms with Gasteiger partial charge in [0.1, 0.15) is 24.5 Å². The van der Waals surface area contributed by atoms with Crippen molar-refractivity contribution in [3.63, 3.8) is 0 Å². The monoisotopic (exact) mass is 512 g/mol. The van der Waals surface area contributed by atoms with Crippen LogP contribution >= 0.6 is 23.2 Å². The summed E-state index contributed by atoms with van der Waals surface area (Å²) in [5.41, 5.74) is 2.79. The summed E-state index contributed by atoms with van der Waals surface area (Å²) < 4.78 is 5.79. The number of nitrogens with one attached hydrogen (secondary N) is 1. The van der Waals surface area contributed by atoms with E-state index < -0.39 is 12.1 Å². The largest absolute Gasteiger partial charge is 0.489 e. The first-order chi connectivity index (χ1) is 16.6. The van der Waals surface area contributed by atoms with E-state index in [1.807, 2.05) is 26.0 Å². The molecule has 0 aliphatic heterocycles. The van der Waals surface area contributed by atoms with Crippen molar-refractivity contribution in [3.05, 3.63) is 87.4 Å². The zero-order chi connectivity index (χ0) is 25.6. The molecule has 6 nitrogen and oxygen atoms in total. The maximum absolute atomic E-state index is 11.1. The van der Waals surface area contributed by atoms with Crippen LogP contribution in [0.3, 0.4) is 0 Å². The zero-order valence-electron chi connectivity index (χ0n) is 19.4. The van der Waals surface area contributed by atoms with Crippen LogP contribution in [0.25, 0.3) is 11.1 Å². The Hall–Kier alpha value is -3.08. The van der Waals surface area contributed by atoms with Gasteiger partial charge in [0, 0.05) is 12.1 Å². The molecule has 0 saturated heterocycles. The first-order valence-corrected chi connectivity index (χ1v) is 11.7. The molecule has 0 radical (unpaired) electrons. The fraction of sp³-hybridized carbons (Fsp3) is 0.259. The van der Waals surface area contributed by atoms with Crippen LogP contribution in [0.2, 0.25) is 10.0 Å². The second-order valence-electron chi connectivity index (χ2n) is 8.86. The Bertz CT molecular complexity index is 1240. The van der Waals surface area contributed by atoms with Gasteiger partial charge in [0.15, 0.2) is 0 Å². The molecule has 0 aliphatic carbocycles. The second-order valence-corrected chi connectivity index (χ2v) is 9.67. The van der Waals surface area contributed by atoms with Crippen LogP contribution in [-0.4, -0.2) is 41.0 Å². The number of β-amino-alcohol motifs (C(OH)–C–C–N with tert-alkyl or cyclic N) is 1. The molecule has 3 N–H and O–H groups in total. The minimum atomic E-state index is -0.997. The first kappa shape index (κ1) is 26.5. The number of aliphatic hydroxyl groups is 1. The highest BCUT2D eigenvalue weighted by atomic mass is 35.5. The van der Waals surface area contributed by atoms with Gasteiger partial charge in [0.25, 0.3) is 0 Å². The van der Waals surface area contributed by atoms with E-state index in [0.29, 0.717) is 27.8 Å². The van der Waals surface area contributed by atoms with Gasteiger partial charge >= 0.3 is 5.97 Å². The molecule has 0 amide bonds. The van der Waals surface area contributed by atoms with Crippen molar-refractivity contribution in [2.45, 2.75) is 31.9 Å². The number of nitrogens with zero attached hydrogens (tertiary/aromatic N) is 1. The minimum Gasteiger partial charge on any atom is -0.489 e. The number of aliphatic hydroxyl groups excluding tert-OH is 1. The normalized spacial score (nSPS) is 12.1. The number of carboxylic acids is 1. The van der Waals surface area contributed by atoms with Crippen molar-refractivity contribution >= 4 is 29.2 Å². The molecule has 3 aromatic rings. The highest BCUT2D eigenvalue weighted by molar-refractivity contribution is 6.42. The lowest BCUT2D eigenvalue weighted by molar-refractivity contribution is 0.0697. The lowest BCUT2D eigenvalue weighted by Crippen LogP contribution is -2.46. The number of rotatable bonds is 10. The summed E-state index contributed by atoms with van der Waals surface area (Å²) in [5, 5.41) is 33.4. The van der Waals surface area contributed by atoms with E-state index in [-0.39, 0.29) is 24.3 Å². The van der Waals surface area contributed by atoms with Gasteiger partial charge < -0.3 is 20.3 Å². The average molecular weight is 513 g/mol. The Morgan fingerprint density at radius 1 is 1.06 bits per heavy atom. The predicted molar refractivity (Wildman–Crippen MR) is 137 cm³/mol. The molecule has 0 bridgehead atoms. The average Bonchev–Trinajstić information content (AvgIpc) is 2.83. The fourth-order valence-corrected chi connectivity index (χ4v) is 3.90. The smallest absolute Gasteiger partial charge is 0.335 e. The standard InChI is InChI=1S/C27H26Cl2N2O4/c1-27(2,13-17-3-10-23(28)24(29)11-17)31-15-22(32)16-35-25-12-20(8-9-21(25)14-30)18-4-6-19(7-5-18)26(33)34/h3-12,22,31-32H,13,15-16H2,1-2H3,(H,33,34)/t22-/m0/s1. The zero-order valence-corrected chi connectivity index (χ0v) is 20.9. The second kappa shape index (κ2) is 11.6. The van der Waals surface area contributed by atoms with Crippen LogP contribution in [0.5, 0.6) is 5.75 Å². The summed E-state index contributed by atoms with van der Waals surface area (Å²) in [6, 6.07) is 19.2. The summed E-state index contributed by atoms with van der Waals surface area (Å²) in [6.45, 7) is 4.32. The molecule has 3 rings (SSSR count). The van der Waals surface area contributed by atoms with E-state index in [4.69, 9.17) is 33.0 Å². The third-order valence-electron chi connectivity index (χ3n) is 5.44. The van der Waals surface area contributed by atoms with Gasteiger partial charge in [0.2, 0.25) is 0 Å². The van der Waals surface area contributed by atoms with Gasteiger partial charge in [-0.05, 0) is 73.4 Å².